The van der Waals surface area contributed by atoms with Gasteiger partial charge in [0.2, 0.25) is 5.91 Å². The SMILES string of the molecule is CC(C)(O)C1CCCN1C(=O)C1CN(c2c3c(nc4ccnn24)CCNCC3)C1. The Balaban J connectivity index is 1.38. The van der Waals surface area contributed by atoms with Gasteiger partial charge >= 0.3 is 0 Å². The van der Waals surface area contributed by atoms with Crippen molar-refractivity contribution in [3.8, 4) is 0 Å². The van der Waals surface area contributed by atoms with Crippen molar-refractivity contribution < 1.29 is 9.90 Å². The van der Waals surface area contributed by atoms with Crippen LogP contribution in [0.4, 0.5) is 5.82 Å². The van der Waals surface area contributed by atoms with Crippen LogP contribution in [0.15, 0.2) is 12.3 Å². The number of aliphatic hydroxyl groups is 1. The second kappa shape index (κ2) is 6.95. The zero-order chi connectivity index (χ0) is 20.2. The lowest BCUT2D eigenvalue weighted by atomic mass is 9.93. The Morgan fingerprint density at radius 3 is 2.86 bits per heavy atom. The summed E-state index contributed by atoms with van der Waals surface area (Å²) in [5.74, 6) is 1.27. The Bertz CT molecular complexity index is 927. The van der Waals surface area contributed by atoms with E-state index in [-0.39, 0.29) is 17.9 Å². The molecule has 5 heterocycles. The van der Waals surface area contributed by atoms with Gasteiger partial charge in [0, 0.05) is 44.2 Å². The third kappa shape index (κ3) is 3.18. The maximum Gasteiger partial charge on any atom is 0.229 e. The molecule has 0 saturated carbocycles. The smallest absolute Gasteiger partial charge is 0.229 e. The lowest BCUT2D eigenvalue weighted by Crippen LogP contribution is -2.58. The number of carbonyl (C=O) groups is 1. The van der Waals surface area contributed by atoms with E-state index >= 15 is 0 Å². The molecule has 1 atom stereocenters. The van der Waals surface area contributed by atoms with Gasteiger partial charge in [-0.15, -0.1) is 0 Å². The van der Waals surface area contributed by atoms with Gasteiger partial charge in [-0.2, -0.15) is 9.61 Å². The van der Waals surface area contributed by atoms with Gasteiger partial charge in [0.25, 0.3) is 0 Å². The molecule has 2 fully saturated rings. The molecule has 156 valence electrons. The van der Waals surface area contributed by atoms with Crippen LogP contribution in [0, 0.1) is 5.92 Å². The van der Waals surface area contributed by atoms with Gasteiger partial charge in [0.05, 0.1) is 29.5 Å². The molecule has 0 aliphatic carbocycles. The summed E-state index contributed by atoms with van der Waals surface area (Å²) in [5.41, 5.74) is 2.42. The third-order valence-corrected chi connectivity index (χ3v) is 6.66. The van der Waals surface area contributed by atoms with Crippen molar-refractivity contribution in [2.24, 2.45) is 5.92 Å². The molecule has 5 rings (SSSR count). The van der Waals surface area contributed by atoms with E-state index in [0.717, 1.165) is 62.5 Å². The molecule has 2 aromatic rings. The van der Waals surface area contributed by atoms with E-state index in [1.165, 1.54) is 5.56 Å². The Hall–Kier alpha value is -2.19. The largest absolute Gasteiger partial charge is 0.388 e. The molecule has 29 heavy (non-hydrogen) atoms. The number of amides is 1. The lowest BCUT2D eigenvalue weighted by molar-refractivity contribution is -0.141. The second-order valence-corrected chi connectivity index (χ2v) is 9.16. The number of nitrogens with zero attached hydrogens (tertiary/aromatic N) is 5. The number of rotatable bonds is 3. The van der Waals surface area contributed by atoms with E-state index in [9.17, 15) is 9.90 Å². The maximum absolute atomic E-state index is 13.2. The van der Waals surface area contributed by atoms with Gasteiger partial charge in [-0.3, -0.25) is 4.79 Å². The summed E-state index contributed by atoms with van der Waals surface area (Å²) in [7, 11) is 0. The fourth-order valence-electron chi connectivity index (χ4n) is 5.15. The van der Waals surface area contributed by atoms with E-state index in [2.05, 4.69) is 15.3 Å². The molecule has 0 bridgehead atoms. The monoisotopic (exact) mass is 398 g/mol. The Morgan fingerprint density at radius 2 is 2.07 bits per heavy atom. The van der Waals surface area contributed by atoms with Crippen LogP contribution in [0.25, 0.3) is 5.65 Å². The lowest BCUT2D eigenvalue weighted by Gasteiger charge is -2.44. The number of likely N-dealkylation sites (tertiary alicyclic amines) is 1. The normalized spacial score (nSPS) is 23.2. The molecule has 1 unspecified atom stereocenters. The summed E-state index contributed by atoms with van der Waals surface area (Å²) in [5, 5.41) is 18.4. The zero-order valence-corrected chi connectivity index (χ0v) is 17.3. The highest BCUT2D eigenvalue weighted by Crippen LogP contribution is 2.34. The van der Waals surface area contributed by atoms with Crippen LogP contribution in [0.2, 0.25) is 0 Å². The Morgan fingerprint density at radius 1 is 1.28 bits per heavy atom. The Kier molecular flexibility index (Phi) is 4.51. The predicted molar refractivity (Wildman–Crippen MR) is 110 cm³/mol. The standard InChI is InChI=1S/C21H30N6O2/c1-21(2,29)17-4-3-11-26(17)20(28)14-12-25(13-14)19-15-5-8-22-9-6-16(15)24-18-7-10-23-27(18)19/h7,10,14,17,22,29H,3-6,8-9,11-13H2,1-2H3. The first-order chi connectivity index (χ1) is 13.9. The van der Waals surface area contributed by atoms with Gasteiger partial charge in [-0.1, -0.05) is 0 Å². The van der Waals surface area contributed by atoms with Crippen molar-refractivity contribution in [3.05, 3.63) is 23.5 Å². The van der Waals surface area contributed by atoms with E-state index in [1.807, 2.05) is 29.3 Å². The first-order valence-corrected chi connectivity index (χ1v) is 10.8. The maximum atomic E-state index is 13.2. The van der Waals surface area contributed by atoms with Crippen molar-refractivity contribution >= 4 is 17.4 Å². The minimum Gasteiger partial charge on any atom is -0.388 e. The van der Waals surface area contributed by atoms with Gasteiger partial charge in [-0.05, 0) is 39.7 Å². The minimum absolute atomic E-state index is 0.0173. The van der Waals surface area contributed by atoms with Crippen LogP contribution in [-0.4, -0.2) is 74.9 Å². The van der Waals surface area contributed by atoms with Crippen molar-refractivity contribution in [3.63, 3.8) is 0 Å². The fourth-order valence-corrected chi connectivity index (χ4v) is 5.15. The topological polar surface area (TPSA) is 86.0 Å². The summed E-state index contributed by atoms with van der Waals surface area (Å²) >= 11 is 0. The van der Waals surface area contributed by atoms with E-state index in [0.29, 0.717) is 13.1 Å². The van der Waals surface area contributed by atoms with Crippen LogP contribution in [0.5, 0.6) is 0 Å². The average Bonchev–Trinajstić information content (AvgIpc) is 3.24. The van der Waals surface area contributed by atoms with Gasteiger partial charge in [0.1, 0.15) is 5.82 Å². The number of anilines is 1. The molecule has 2 N–H and O–H groups in total. The van der Waals surface area contributed by atoms with Crippen molar-refractivity contribution in [1.29, 1.82) is 0 Å². The molecule has 0 radical (unpaired) electrons. The first-order valence-electron chi connectivity index (χ1n) is 10.8. The van der Waals surface area contributed by atoms with Crippen LogP contribution in [-0.2, 0) is 17.6 Å². The summed E-state index contributed by atoms with van der Waals surface area (Å²) < 4.78 is 1.93. The molecule has 2 saturated heterocycles. The molecular formula is C21H30N6O2. The second-order valence-electron chi connectivity index (χ2n) is 9.16. The summed E-state index contributed by atoms with van der Waals surface area (Å²) in [6.07, 6.45) is 5.49. The molecular weight excluding hydrogens is 368 g/mol. The van der Waals surface area contributed by atoms with E-state index in [4.69, 9.17) is 4.98 Å². The van der Waals surface area contributed by atoms with Crippen LogP contribution in [0.1, 0.15) is 37.9 Å². The van der Waals surface area contributed by atoms with Crippen LogP contribution < -0.4 is 10.2 Å². The number of fused-ring (bicyclic) bond motifs is 2. The molecule has 3 aliphatic heterocycles. The first kappa shape index (κ1) is 18.8. The minimum atomic E-state index is -0.855. The molecule has 3 aliphatic rings. The number of aromatic nitrogens is 3. The highest BCUT2D eigenvalue weighted by atomic mass is 16.3. The van der Waals surface area contributed by atoms with E-state index in [1.54, 1.807) is 6.20 Å². The van der Waals surface area contributed by atoms with Gasteiger partial charge in [0.15, 0.2) is 5.65 Å². The van der Waals surface area contributed by atoms with Gasteiger partial charge in [-0.25, -0.2) is 4.98 Å². The molecule has 8 heteroatoms. The number of carbonyl (C=O) groups excluding carboxylic acids is 1. The predicted octanol–water partition coefficient (Wildman–Crippen LogP) is 0.616. The fraction of sp³-hybridized carbons (Fsp3) is 0.667. The summed E-state index contributed by atoms with van der Waals surface area (Å²) in [6, 6.07) is 1.87. The van der Waals surface area contributed by atoms with Crippen molar-refractivity contribution in [1.82, 2.24) is 24.8 Å². The zero-order valence-electron chi connectivity index (χ0n) is 17.3. The van der Waals surface area contributed by atoms with Crippen LogP contribution >= 0.6 is 0 Å². The van der Waals surface area contributed by atoms with Gasteiger partial charge < -0.3 is 20.2 Å². The molecule has 0 spiro atoms. The highest BCUT2D eigenvalue weighted by molar-refractivity contribution is 5.83. The van der Waals surface area contributed by atoms with Crippen molar-refractivity contribution in [2.75, 3.05) is 37.6 Å². The molecule has 1 amide bonds. The van der Waals surface area contributed by atoms with Crippen LogP contribution in [0.3, 0.4) is 0 Å². The third-order valence-electron chi connectivity index (χ3n) is 6.66. The van der Waals surface area contributed by atoms with E-state index < -0.39 is 5.60 Å². The average molecular weight is 399 g/mol. The number of hydrogen-bond donors (Lipinski definition) is 2. The highest BCUT2D eigenvalue weighted by Gasteiger charge is 2.44. The van der Waals surface area contributed by atoms with Crippen molar-refractivity contribution in [2.45, 2.75) is 51.2 Å². The molecule has 2 aromatic heterocycles. The summed E-state index contributed by atoms with van der Waals surface area (Å²) in [4.78, 5) is 22.2. The quantitative estimate of drug-likeness (QED) is 0.788. The molecule has 0 aromatic carbocycles. The Labute approximate surface area is 170 Å². The summed E-state index contributed by atoms with van der Waals surface area (Å²) in [6.45, 7) is 7.66. The number of hydrogen-bond acceptors (Lipinski definition) is 6. The number of nitrogens with one attached hydrogen (secondary N) is 1. The molecule has 8 nitrogen and oxygen atoms in total.